The molecule has 0 aromatic heterocycles. The third-order valence-corrected chi connectivity index (χ3v) is 3.68. The summed E-state index contributed by atoms with van der Waals surface area (Å²) in [4.78, 5) is 14.4. The highest BCUT2D eigenvalue weighted by molar-refractivity contribution is 5.91. The predicted octanol–water partition coefficient (Wildman–Crippen LogP) is 3.81. The Morgan fingerprint density at radius 3 is 2.48 bits per heavy atom. The number of aliphatic hydroxyl groups is 1. The van der Waals surface area contributed by atoms with Gasteiger partial charge in [0.2, 0.25) is 0 Å². The molecule has 0 fully saturated rings. The largest absolute Gasteiger partial charge is 0.495 e. The summed E-state index contributed by atoms with van der Waals surface area (Å²) in [6.07, 6.45) is 0. The van der Waals surface area contributed by atoms with Gasteiger partial charge in [-0.15, -0.1) is 0 Å². The normalized spacial score (nSPS) is 11.1. The molecule has 0 aliphatic rings. The summed E-state index contributed by atoms with van der Waals surface area (Å²) in [5, 5.41) is 13.1. The first-order valence-corrected chi connectivity index (χ1v) is 8.25. The summed E-state index contributed by atoms with van der Waals surface area (Å²) < 4.78 is 5.34. The number of nitrogens with one attached hydrogen (secondary N) is 1. The number of carbonyl (C=O) groups excluding carboxylic acids is 1. The number of benzene rings is 2. The van der Waals surface area contributed by atoms with Gasteiger partial charge in [0.05, 0.1) is 24.9 Å². The van der Waals surface area contributed by atoms with Crippen LogP contribution >= 0.6 is 0 Å². The Morgan fingerprint density at radius 1 is 1.20 bits per heavy atom. The number of rotatable bonds is 6. The molecule has 25 heavy (non-hydrogen) atoms. The van der Waals surface area contributed by atoms with Crippen molar-refractivity contribution in [3.05, 3.63) is 59.7 Å². The lowest BCUT2D eigenvalue weighted by Gasteiger charge is -2.29. The zero-order valence-electron chi connectivity index (χ0n) is 15.2. The standard InChI is InChI=1S/C20H26N2O3/c1-15-10-11-17(18(12-15)25-4)21-19(23)22(14-20(2,3)24)13-16-8-6-5-7-9-16/h5-12,24H,13-14H2,1-4H3,(H,21,23). The van der Waals surface area contributed by atoms with Crippen molar-refractivity contribution in [1.82, 2.24) is 4.90 Å². The Morgan fingerprint density at radius 2 is 1.88 bits per heavy atom. The van der Waals surface area contributed by atoms with Gasteiger partial charge in [0.1, 0.15) is 5.75 Å². The van der Waals surface area contributed by atoms with Gasteiger partial charge < -0.3 is 20.1 Å². The third kappa shape index (κ3) is 5.80. The number of ether oxygens (including phenoxy) is 1. The second kappa shape index (κ2) is 8.03. The van der Waals surface area contributed by atoms with Crippen molar-refractivity contribution < 1.29 is 14.6 Å². The maximum atomic E-state index is 12.8. The van der Waals surface area contributed by atoms with Crippen molar-refractivity contribution in [2.45, 2.75) is 32.9 Å². The lowest BCUT2D eigenvalue weighted by molar-refractivity contribution is 0.0469. The molecule has 0 saturated carbocycles. The SMILES string of the molecule is COc1cc(C)ccc1NC(=O)N(Cc1ccccc1)CC(C)(C)O. The maximum Gasteiger partial charge on any atom is 0.322 e. The quantitative estimate of drug-likeness (QED) is 0.839. The summed E-state index contributed by atoms with van der Waals surface area (Å²) in [5.41, 5.74) is 1.65. The number of aryl methyl sites for hydroxylation is 1. The van der Waals surface area contributed by atoms with E-state index in [0.29, 0.717) is 18.0 Å². The van der Waals surface area contributed by atoms with Gasteiger partial charge in [0.15, 0.2) is 0 Å². The molecule has 2 amide bonds. The molecule has 0 aliphatic heterocycles. The van der Waals surface area contributed by atoms with E-state index in [4.69, 9.17) is 4.74 Å². The van der Waals surface area contributed by atoms with Crippen molar-refractivity contribution in [3.8, 4) is 5.75 Å². The first-order valence-electron chi connectivity index (χ1n) is 8.25. The molecule has 0 unspecified atom stereocenters. The second-order valence-electron chi connectivity index (χ2n) is 6.79. The van der Waals surface area contributed by atoms with Gasteiger partial charge in [-0.25, -0.2) is 4.79 Å². The van der Waals surface area contributed by atoms with Crippen LogP contribution in [0.15, 0.2) is 48.5 Å². The van der Waals surface area contributed by atoms with E-state index in [1.165, 1.54) is 0 Å². The first kappa shape index (κ1) is 18.8. The fraction of sp³-hybridized carbons (Fsp3) is 0.350. The highest BCUT2D eigenvalue weighted by Gasteiger charge is 2.23. The van der Waals surface area contributed by atoms with Crippen LogP contribution in [0.4, 0.5) is 10.5 Å². The van der Waals surface area contributed by atoms with Crippen LogP contribution in [0.5, 0.6) is 5.75 Å². The van der Waals surface area contributed by atoms with Gasteiger partial charge >= 0.3 is 6.03 Å². The molecule has 0 spiro atoms. The molecule has 0 saturated heterocycles. The van der Waals surface area contributed by atoms with Crippen LogP contribution in [0.1, 0.15) is 25.0 Å². The molecule has 2 rings (SSSR count). The molecule has 5 nitrogen and oxygen atoms in total. The zero-order chi connectivity index (χ0) is 18.4. The molecular weight excluding hydrogens is 316 g/mol. The average Bonchev–Trinajstić information content (AvgIpc) is 2.55. The van der Waals surface area contributed by atoms with Gasteiger partial charge in [-0.1, -0.05) is 36.4 Å². The van der Waals surface area contributed by atoms with Crippen LogP contribution in [0.25, 0.3) is 0 Å². The summed E-state index contributed by atoms with van der Waals surface area (Å²) in [5.74, 6) is 0.608. The molecule has 134 valence electrons. The summed E-state index contributed by atoms with van der Waals surface area (Å²) in [7, 11) is 1.57. The van der Waals surface area contributed by atoms with E-state index in [2.05, 4.69) is 5.32 Å². The van der Waals surface area contributed by atoms with Crippen LogP contribution in [0.3, 0.4) is 0 Å². The van der Waals surface area contributed by atoms with Gasteiger partial charge in [-0.05, 0) is 44.0 Å². The van der Waals surface area contributed by atoms with Crippen LogP contribution in [-0.4, -0.2) is 35.3 Å². The van der Waals surface area contributed by atoms with Crippen LogP contribution in [-0.2, 0) is 6.54 Å². The fourth-order valence-electron chi connectivity index (χ4n) is 2.57. The number of nitrogens with zero attached hydrogens (tertiary/aromatic N) is 1. The van der Waals surface area contributed by atoms with Crippen LogP contribution in [0, 0.1) is 6.92 Å². The minimum absolute atomic E-state index is 0.210. The van der Waals surface area contributed by atoms with E-state index in [0.717, 1.165) is 11.1 Å². The zero-order valence-corrected chi connectivity index (χ0v) is 15.2. The molecular formula is C20H26N2O3. The monoisotopic (exact) mass is 342 g/mol. The van der Waals surface area contributed by atoms with E-state index < -0.39 is 5.60 Å². The number of hydrogen-bond acceptors (Lipinski definition) is 3. The van der Waals surface area contributed by atoms with E-state index in [1.807, 2.05) is 55.5 Å². The number of anilines is 1. The number of carbonyl (C=O) groups is 1. The molecule has 0 radical (unpaired) electrons. The van der Waals surface area contributed by atoms with E-state index in [1.54, 1.807) is 25.9 Å². The smallest absolute Gasteiger partial charge is 0.322 e. The number of methoxy groups -OCH3 is 1. The fourth-order valence-corrected chi connectivity index (χ4v) is 2.57. The number of hydrogen-bond donors (Lipinski definition) is 2. The van der Waals surface area contributed by atoms with Gasteiger partial charge in [0.25, 0.3) is 0 Å². The van der Waals surface area contributed by atoms with Crippen LogP contribution in [0.2, 0.25) is 0 Å². The Labute approximate surface area is 149 Å². The van der Waals surface area contributed by atoms with Crippen molar-refractivity contribution >= 4 is 11.7 Å². The average molecular weight is 342 g/mol. The van der Waals surface area contributed by atoms with E-state index in [9.17, 15) is 9.90 Å². The number of urea groups is 1. The first-order chi connectivity index (χ1) is 11.8. The molecule has 0 bridgehead atoms. The maximum absolute atomic E-state index is 12.8. The number of amides is 2. The predicted molar refractivity (Wildman–Crippen MR) is 99.9 cm³/mol. The lowest BCUT2D eigenvalue weighted by Crippen LogP contribution is -2.43. The Kier molecular flexibility index (Phi) is 6.04. The van der Waals surface area contributed by atoms with Crippen molar-refractivity contribution in [3.63, 3.8) is 0 Å². The van der Waals surface area contributed by atoms with E-state index in [-0.39, 0.29) is 12.6 Å². The van der Waals surface area contributed by atoms with Gasteiger partial charge in [0, 0.05) is 6.54 Å². The summed E-state index contributed by atoms with van der Waals surface area (Å²) in [6.45, 7) is 5.95. The highest BCUT2D eigenvalue weighted by atomic mass is 16.5. The Balaban J connectivity index is 2.20. The van der Waals surface area contributed by atoms with E-state index >= 15 is 0 Å². The minimum Gasteiger partial charge on any atom is -0.495 e. The van der Waals surface area contributed by atoms with Gasteiger partial charge in [-0.2, -0.15) is 0 Å². The van der Waals surface area contributed by atoms with Crippen molar-refractivity contribution in [1.29, 1.82) is 0 Å². The molecule has 2 aromatic carbocycles. The Hall–Kier alpha value is -2.53. The molecule has 2 N–H and O–H groups in total. The summed E-state index contributed by atoms with van der Waals surface area (Å²) in [6, 6.07) is 15.0. The van der Waals surface area contributed by atoms with Gasteiger partial charge in [-0.3, -0.25) is 0 Å². The van der Waals surface area contributed by atoms with Crippen molar-refractivity contribution in [2.24, 2.45) is 0 Å². The minimum atomic E-state index is -0.997. The molecule has 0 atom stereocenters. The van der Waals surface area contributed by atoms with Crippen molar-refractivity contribution in [2.75, 3.05) is 19.0 Å². The van der Waals surface area contributed by atoms with Crippen LogP contribution < -0.4 is 10.1 Å². The molecule has 5 heteroatoms. The lowest BCUT2D eigenvalue weighted by atomic mass is 10.1. The second-order valence-corrected chi connectivity index (χ2v) is 6.79. The Bertz CT molecular complexity index is 709. The summed E-state index contributed by atoms with van der Waals surface area (Å²) >= 11 is 0. The molecule has 0 aliphatic carbocycles. The topological polar surface area (TPSA) is 61.8 Å². The third-order valence-electron chi connectivity index (χ3n) is 3.68. The molecule has 2 aromatic rings. The molecule has 0 heterocycles. The highest BCUT2D eigenvalue weighted by Crippen LogP contribution is 2.26.